The molecule has 1 aromatic heterocycles. The number of hydrogen-bond donors (Lipinski definition) is 1. The fraction of sp³-hybridized carbons (Fsp3) is 0.0345. The molecule has 6 nitrogen and oxygen atoms in total. The molecule has 6 heteroatoms. The van der Waals surface area contributed by atoms with E-state index in [4.69, 9.17) is 19.2 Å². The maximum absolute atomic E-state index is 13.6. The van der Waals surface area contributed by atoms with Crippen LogP contribution >= 0.6 is 0 Å². The van der Waals surface area contributed by atoms with Crippen molar-refractivity contribution >= 4 is 22.5 Å². The second-order valence-corrected chi connectivity index (χ2v) is 8.01. The van der Waals surface area contributed by atoms with Crippen LogP contribution in [0, 0.1) is 0 Å². The molecule has 5 aromatic rings. The van der Waals surface area contributed by atoms with Crippen LogP contribution in [-0.2, 0) is 0 Å². The zero-order valence-electron chi connectivity index (χ0n) is 18.6. The van der Waals surface area contributed by atoms with Crippen molar-refractivity contribution in [2.24, 2.45) is 0 Å². The van der Waals surface area contributed by atoms with Gasteiger partial charge in [0.1, 0.15) is 5.75 Å². The highest BCUT2D eigenvalue weighted by Crippen LogP contribution is 2.36. The van der Waals surface area contributed by atoms with Crippen LogP contribution in [0.5, 0.6) is 23.0 Å². The molecule has 1 aliphatic rings. The number of hydrogen-bond acceptors (Lipinski definition) is 5. The molecule has 0 aliphatic carbocycles. The molecule has 2 heterocycles. The summed E-state index contributed by atoms with van der Waals surface area (Å²) in [5, 5.41) is 3.78. The van der Waals surface area contributed by atoms with Crippen molar-refractivity contribution in [3.8, 4) is 34.3 Å². The van der Waals surface area contributed by atoms with Gasteiger partial charge in [0, 0.05) is 10.9 Å². The number of nitrogens with zero attached hydrogens (tertiary/aromatic N) is 1. The van der Waals surface area contributed by atoms with E-state index in [0.29, 0.717) is 39.9 Å². The molecule has 0 saturated heterocycles. The summed E-state index contributed by atoms with van der Waals surface area (Å²) in [5.74, 6) is 2.35. The maximum atomic E-state index is 13.6. The Hall–Kier alpha value is -4.84. The van der Waals surface area contributed by atoms with Gasteiger partial charge in [-0.2, -0.15) is 0 Å². The fourth-order valence-electron chi connectivity index (χ4n) is 4.03. The summed E-state index contributed by atoms with van der Waals surface area (Å²) in [6.07, 6.45) is 0. The van der Waals surface area contributed by atoms with Crippen molar-refractivity contribution in [3.63, 3.8) is 0 Å². The van der Waals surface area contributed by atoms with Crippen molar-refractivity contribution in [1.82, 2.24) is 4.98 Å². The van der Waals surface area contributed by atoms with Crippen LogP contribution in [0.1, 0.15) is 10.4 Å². The van der Waals surface area contributed by atoms with Gasteiger partial charge in [-0.25, -0.2) is 4.98 Å². The molecule has 170 valence electrons. The van der Waals surface area contributed by atoms with Gasteiger partial charge in [0.2, 0.25) is 6.79 Å². The number of ether oxygens (including phenoxy) is 3. The van der Waals surface area contributed by atoms with Gasteiger partial charge in [-0.15, -0.1) is 0 Å². The normalized spacial score (nSPS) is 11.9. The predicted molar refractivity (Wildman–Crippen MR) is 134 cm³/mol. The first-order valence-electron chi connectivity index (χ1n) is 11.2. The van der Waals surface area contributed by atoms with Crippen molar-refractivity contribution in [2.75, 3.05) is 12.1 Å². The largest absolute Gasteiger partial charge is 0.455 e. The zero-order chi connectivity index (χ0) is 23.6. The summed E-state index contributed by atoms with van der Waals surface area (Å²) in [6.45, 7) is 0.196. The molecule has 1 aliphatic heterocycles. The molecule has 0 radical (unpaired) electrons. The Morgan fingerprint density at radius 1 is 0.800 bits per heavy atom. The average Bonchev–Trinajstić information content (AvgIpc) is 3.38. The number of anilines is 1. The number of aromatic nitrogens is 1. The first-order valence-corrected chi connectivity index (χ1v) is 11.2. The Labute approximate surface area is 201 Å². The Balaban J connectivity index is 1.37. The zero-order valence-corrected chi connectivity index (χ0v) is 18.6. The molecule has 35 heavy (non-hydrogen) atoms. The lowest BCUT2D eigenvalue weighted by atomic mass is 10.0. The fourth-order valence-corrected chi connectivity index (χ4v) is 4.03. The van der Waals surface area contributed by atoms with Gasteiger partial charge in [0.15, 0.2) is 17.2 Å². The van der Waals surface area contributed by atoms with Crippen molar-refractivity contribution in [1.29, 1.82) is 0 Å². The highest BCUT2D eigenvalue weighted by atomic mass is 16.7. The Morgan fingerprint density at radius 2 is 1.57 bits per heavy atom. The van der Waals surface area contributed by atoms with Crippen LogP contribution in [0.4, 0.5) is 5.69 Å². The van der Waals surface area contributed by atoms with E-state index in [2.05, 4.69) is 5.32 Å². The minimum atomic E-state index is -0.255. The van der Waals surface area contributed by atoms with Crippen LogP contribution in [0.3, 0.4) is 0 Å². The molecular weight excluding hydrogens is 440 g/mol. The van der Waals surface area contributed by atoms with Gasteiger partial charge in [-0.05, 0) is 54.6 Å². The number of amides is 1. The molecule has 0 bridgehead atoms. The second kappa shape index (κ2) is 8.83. The van der Waals surface area contributed by atoms with Crippen LogP contribution in [0.25, 0.3) is 22.2 Å². The Kier molecular flexibility index (Phi) is 5.24. The summed E-state index contributed by atoms with van der Waals surface area (Å²) in [7, 11) is 0. The first-order chi connectivity index (χ1) is 17.2. The van der Waals surface area contributed by atoms with Gasteiger partial charge < -0.3 is 19.5 Å². The number of carbonyl (C=O) groups excluding carboxylic acids is 1. The molecular formula is C29H20N2O4. The van der Waals surface area contributed by atoms with E-state index in [9.17, 15) is 4.79 Å². The molecule has 0 atom stereocenters. The third kappa shape index (κ3) is 4.13. The lowest BCUT2D eigenvalue weighted by Crippen LogP contribution is -2.13. The van der Waals surface area contributed by atoms with Gasteiger partial charge in [-0.3, -0.25) is 4.79 Å². The van der Waals surface area contributed by atoms with Gasteiger partial charge in [0.25, 0.3) is 5.91 Å². The summed E-state index contributed by atoms with van der Waals surface area (Å²) < 4.78 is 17.0. The number of fused-ring (bicyclic) bond motifs is 2. The summed E-state index contributed by atoms with van der Waals surface area (Å²) >= 11 is 0. The monoisotopic (exact) mass is 460 g/mol. The van der Waals surface area contributed by atoms with Gasteiger partial charge in [-0.1, -0.05) is 48.5 Å². The Morgan fingerprint density at radius 3 is 2.49 bits per heavy atom. The van der Waals surface area contributed by atoms with E-state index in [0.717, 1.165) is 16.5 Å². The molecule has 0 saturated carbocycles. The van der Waals surface area contributed by atoms with E-state index < -0.39 is 0 Å². The number of pyridine rings is 1. The highest BCUT2D eigenvalue weighted by molar-refractivity contribution is 6.13. The van der Waals surface area contributed by atoms with E-state index >= 15 is 0 Å². The second-order valence-electron chi connectivity index (χ2n) is 8.01. The number of nitrogens with one attached hydrogen (secondary N) is 1. The third-order valence-corrected chi connectivity index (χ3v) is 5.74. The maximum Gasteiger partial charge on any atom is 0.256 e. The van der Waals surface area contributed by atoms with E-state index in [-0.39, 0.29) is 12.7 Å². The molecule has 4 aromatic carbocycles. The van der Waals surface area contributed by atoms with Crippen LogP contribution in [0.15, 0.2) is 103 Å². The number of rotatable bonds is 5. The average molecular weight is 460 g/mol. The third-order valence-electron chi connectivity index (χ3n) is 5.74. The van der Waals surface area contributed by atoms with Crippen LogP contribution in [-0.4, -0.2) is 17.7 Å². The van der Waals surface area contributed by atoms with Crippen molar-refractivity contribution in [2.45, 2.75) is 0 Å². The minimum Gasteiger partial charge on any atom is -0.455 e. The molecule has 1 N–H and O–H groups in total. The molecule has 0 unspecified atom stereocenters. The SMILES string of the molecule is O=C(Nc1ccccc1Oc1ccccc1)c1cc(-c2ccc3c(c2)OCO3)nc2ccccc12. The number of para-hydroxylation sites is 4. The van der Waals surface area contributed by atoms with E-state index in [1.165, 1.54) is 0 Å². The van der Waals surface area contributed by atoms with Gasteiger partial charge >= 0.3 is 0 Å². The van der Waals surface area contributed by atoms with Crippen LogP contribution < -0.4 is 19.5 Å². The lowest BCUT2D eigenvalue weighted by Gasteiger charge is -2.14. The summed E-state index contributed by atoms with van der Waals surface area (Å²) in [6, 6.07) is 31.9. The minimum absolute atomic E-state index is 0.196. The lowest BCUT2D eigenvalue weighted by molar-refractivity contribution is 0.102. The van der Waals surface area contributed by atoms with Crippen LogP contribution in [0.2, 0.25) is 0 Å². The number of carbonyl (C=O) groups is 1. The summed E-state index contributed by atoms with van der Waals surface area (Å²) in [4.78, 5) is 18.4. The van der Waals surface area contributed by atoms with Gasteiger partial charge in [0.05, 0.1) is 22.5 Å². The van der Waals surface area contributed by atoms with Crippen molar-refractivity contribution < 1.29 is 19.0 Å². The highest BCUT2D eigenvalue weighted by Gasteiger charge is 2.18. The summed E-state index contributed by atoms with van der Waals surface area (Å²) in [5.41, 5.74) is 3.31. The van der Waals surface area contributed by atoms with E-state index in [1.807, 2.05) is 97.1 Å². The molecule has 0 fully saturated rings. The topological polar surface area (TPSA) is 69.7 Å². The van der Waals surface area contributed by atoms with Crippen molar-refractivity contribution in [3.05, 3.63) is 109 Å². The molecule has 0 spiro atoms. The number of benzene rings is 4. The Bertz CT molecular complexity index is 1550. The quantitative estimate of drug-likeness (QED) is 0.317. The molecule has 1 amide bonds. The predicted octanol–water partition coefficient (Wildman–Crippen LogP) is 6.68. The first kappa shape index (κ1) is 20.7. The smallest absolute Gasteiger partial charge is 0.256 e. The van der Waals surface area contributed by atoms with E-state index in [1.54, 1.807) is 6.07 Å². The standard InChI is InChI=1S/C29H20N2O4/c32-29(31-24-12-6-7-13-26(24)35-20-8-2-1-3-9-20)22-17-25(30-23-11-5-4-10-21(22)23)19-14-15-27-28(16-19)34-18-33-27/h1-17H,18H2,(H,31,32). The molecule has 6 rings (SSSR count).